The maximum absolute atomic E-state index is 5.79. The summed E-state index contributed by atoms with van der Waals surface area (Å²) in [6, 6.07) is 4.00. The van der Waals surface area contributed by atoms with Crippen molar-refractivity contribution in [2.45, 2.75) is 26.3 Å². The van der Waals surface area contributed by atoms with Gasteiger partial charge in [0.05, 0.1) is 0 Å². The van der Waals surface area contributed by atoms with Crippen molar-refractivity contribution in [3.8, 4) is 0 Å². The van der Waals surface area contributed by atoms with E-state index in [2.05, 4.69) is 39.8 Å². The minimum atomic E-state index is 0.300. The van der Waals surface area contributed by atoms with Gasteiger partial charge in [-0.05, 0) is 34.9 Å². The molecular weight excluding hydrogens is 240 g/mol. The van der Waals surface area contributed by atoms with Gasteiger partial charge in [0.1, 0.15) is 5.82 Å². The number of tetrazole rings is 1. The largest absolute Gasteiger partial charge is 0.366 e. The first-order chi connectivity index (χ1) is 8.20. The smallest absolute Gasteiger partial charge is 0.200 e. The highest BCUT2D eigenvalue weighted by Crippen LogP contribution is 2.13. The molecule has 0 radical (unpaired) electrons. The second kappa shape index (κ2) is 5.27. The molecule has 0 spiro atoms. The summed E-state index contributed by atoms with van der Waals surface area (Å²) >= 11 is 5.79. The summed E-state index contributed by atoms with van der Waals surface area (Å²) in [5, 5.41) is 18.7. The van der Waals surface area contributed by atoms with E-state index in [0.717, 1.165) is 12.2 Å². The van der Waals surface area contributed by atoms with Gasteiger partial charge in [0.2, 0.25) is 0 Å². The van der Waals surface area contributed by atoms with Crippen LogP contribution in [0.4, 0.5) is 5.82 Å². The number of aromatic nitrogens is 5. The summed E-state index contributed by atoms with van der Waals surface area (Å²) in [4.78, 5) is 0. The van der Waals surface area contributed by atoms with Gasteiger partial charge in [-0.1, -0.05) is 13.8 Å². The zero-order chi connectivity index (χ0) is 12.3. The van der Waals surface area contributed by atoms with Gasteiger partial charge in [-0.15, -0.1) is 26.4 Å². The molecule has 0 saturated carbocycles. The monoisotopic (exact) mass is 254 g/mol. The standard InChI is InChI=1S/C10H15ClN6/c1-7(2)8(5-6-11)12-9-3-4-10-13-15-16-17(10)14-9/h3-4,7-8H,5-6H2,1-2H3,(H,12,14). The third-order valence-corrected chi connectivity index (χ3v) is 2.85. The van der Waals surface area contributed by atoms with Gasteiger partial charge < -0.3 is 5.32 Å². The molecule has 1 N–H and O–H groups in total. The molecule has 17 heavy (non-hydrogen) atoms. The molecule has 0 saturated heterocycles. The molecule has 2 aromatic heterocycles. The van der Waals surface area contributed by atoms with Crippen molar-refractivity contribution in [3.63, 3.8) is 0 Å². The highest BCUT2D eigenvalue weighted by Gasteiger charge is 2.13. The molecule has 7 heteroatoms. The Morgan fingerprint density at radius 1 is 1.41 bits per heavy atom. The first-order valence-corrected chi connectivity index (χ1v) is 6.12. The molecule has 0 amide bonds. The minimum Gasteiger partial charge on any atom is -0.366 e. The average molecular weight is 255 g/mol. The summed E-state index contributed by atoms with van der Waals surface area (Å²) in [6.45, 7) is 4.31. The predicted octanol–water partition coefficient (Wildman–Crippen LogP) is 1.58. The van der Waals surface area contributed by atoms with Crippen LogP contribution in [0.15, 0.2) is 12.1 Å². The number of rotatable bonds is 5. The lowest BCUT2D eigenvalue weighted by Gasteiger charge is -2.21. The van der Waals surface area contributed by atoms with Crippen LogP contribution < -0.4 is 5.32 Å². The van der Waals surface area contributed by atoms with Gasteiger partial charge in [0, 0.05) is 11.9 Å². The van der Waals surface area contributed by atoms with E-state index in [4.69, 9.17) is 11.6 Å². The first kappa shape index (κ1) is 12.0. The van der Waals surface area contributed by atoms with Crippen LogP contribution in [0.25, 0.3) is 5.65 Å². The fourth-order valence-corrected chi connectivity index (χ4v) is 1.84. The van der Waals surface area contributed by atoms with Crippen molar-refractivity contribution in [1.82, 2.24) is 25.3 Å². The maximum atomic E-state index is 5.79. The number of nitrogens with zero attached hydrogens (tertiary/aromatic N) is 5. The van der Waals surface area contributed by atoms with E-state index in [-0.39, 0.29) is 0 Å². The summed E-state index contributed by atoms with van der Waals surface area (Å²) in [6.07, 6.45) is 0.897. The molecule has 2 aromatic rings. The summed E-state index contributed by atoms with van der Waals surface area (Å²) in [5.74, 6) is 1.87. The summed E-state index contributed by atoms with van der Waals surface area (Å²) in [7, 11) is 0. The van der Waals surface area contributed by atoms with E-state index in [1.54, 1.807) is 0 Å². The lowest BCUT2D eigenvalue weighted by Crippen LogP contribution is -2.27. The summed E-state index contributed by atoms with van der Waals surface area (Å²) < 4.78 is 1.40. The van der Waals surface area contributed by atoms with Gasteiger partial charge in [-0.2, -0.15) is 0 Å². The zero-order valence-corrected chi connectivity index (χ0v) is 10.6. The van der Waals surface area contributed by atoms with E-state index in [0.29, 0.717) is 23.5 Å². The van der Waals surface area contributed by atoms with Crippen molar-refractivity contribution in [1.29, 1.82) is 0 Å². The first-order valence-electron chi connectivity index (χ1n) is 5.58. The van der Waals surface area contributed by atoms with Gasteiger partial charge in [0.15, 0.2) is 5.65 Å². The van der Waals surface area contributed by atoms with Crippen LogP contribution in [0, 0.1) is 5.92 Å². The molecule has 1 unspecified atom stereocenters. The van der Waals surface area contributed by atoms with Crippen LogP contribution >= 0.6 is 11.6 Å². The SMILES string of the molecule is CC(C)C(CCCl)Nc1ccc2nnnn2n1. The lowest BCUT2D eigenvalue weighted by atomic mass is 10.0. The Morgan fingerprint density at radius 2 is 2.24 bits per heavy atom. The van der Waals surface area contributed by atoms with Crippen LogP contribution in [-0.4, -0.2) is 37.2 Å². The Labute approximate surface area is 104 Å². The maximum Gasteiger partial charge on any atom is 0.200 e. The second-order valence-corrected chi connectivity index (χ2v) is 4.60. The fraction of sp³-hybridized carbons (Fsp3) is 0.600. The Balaban J connectivity index is 2.15. The number of fused-ring (bicyclic) bond motifs is 1. The van der Waals surface area contributed by atoms with Gasteiger partial charge >= 0.3 is 0 Å². The quantitative estimate of drug-likeness (QED) is 0.821. The van der Waals surface area contributed by atoms with Crippen LogP contribution in [0.3, 0.4) is 0 Å². The van der Waals surface area contributed by atoms with Crippen molar-refractivity contribution < 1.29 is 0 Å². The Hall–Kier alpha value is -1.43. The topological polar surface area (TPSA) is 68.0 Å². The van der Waals surface area contributed by atoms with Crippen LogP contribution in [0.5, 0.6) is 0 Å². The zero-order valence-electron chi connectivity index (χ0n) is 9.84. The van der Waals surface area contributed by atoms with Crippen LogP contribution in [-0.2, 0) is 0 Å². The van der Waals surface area contributed by atoms with E-state index < -0.39 is 0 Å². The average Bonchev–Trinajstić information content (AvgIpc) is 2.75. The number of anilines is 1. The predicted molar refractivity (Wildman–Crippen MR) is 66.2 cm³/mol. The Bertz CT molecular complexity index is 482. The minimum absolute atomic E-state index is 0.300. The molecule has 0 fully saturated rings. The molecular formula is C10H15ClN6. The highest BCUT2D eigenvalue weighted by atomic mass is 35.5. The summed E-state index contributed by atoms with van der Waals surface area (Å²) in [5.41, 5.74) is 0.633. The van der Waals surface area contributed by atoms with E-state index >= 15 is 0 Å². The molecule has 92 valence electrons. The number of hydrogen-bond acceptors (Lipinski definition) is 5. The van der Waals surface area contributed by atoms with Crippen molar-refractivity contribution in [2.75, 3.05) is 11.2 Å². The van der Waals surface area contributed by atoms with Crippen molar-refractivity contribution in [3.05, 3.63) is 12.1 Å². The van der Waals surface area contributed by atoms with Crippen LogP contribution in [0.1, 0.15) is 20.3 Å². The molecule has 0 aliphatic rings. The molecule has 2 rings (SSSR count). The number of nitrogens with one attached hydrogen (secondary N) is 1. The number of hydrogen-bond donors (Lipinski definition) is 1. The van der Waals surface area contributed by atoms with Gasteiger partial charge in [-0.3, -0.25) is 0 Å². The molecule has 0 aliphatic heterocycles. The van der Waals surface area contributed by atoms with Crippen molar-refractivity contribution in [2.24, 2.45) is 5.92 Å². The van der Waals surface area contributed by atoms with E-state index in [1.165, 1.54) is 4.63 Å². The molecule has 2 heterocycles. The third kappa shape index (κ3) is 2.82. The molecule has 1 atom stereocenters. The highest BCUT2D eigenvalue weighted by molar-refractivity contribution is 6.17. The second-order valence-electron chi connectivity index (χ2n) is 4.22. The van der Waals surface area contributed by atoms with Crippen LogP contribution in [0.2, 0.25) is 0 Å². The van der Waals surface area contributed by atoms with Crippen molar-refractivity contribution >= 4 is 23.1 Å². The Kier molecular flexibility index (Phi) is 3.73. The molecule has 0 aliphatic carbocycles. The lowest BCUT2D eigenvalue weighted by molar-refractivity contribution is 0.510. The normalized spacial score (nSPS) is 13.2. The van der Waals surface area contributed by atoms with Gasteiger partial charge in [-0.25, -0.2) is 0 Å². The molecule has 0 aromatic carbocycles. The number of alkyl halides is 1. The third-order valence-electron chi connectivity index (χ3n) is 2.63. The molecule has 6 nitrogen and oxygen atoms in total. The van der Waals surface area contributed by atoms with E-state index in [9.17, 15) is 0 Å². The Morgan fingerprint density at radius 3 is 2.94 bits per heavy atom. The fourth-order valence-electron chi connectivity index (χ4n) is 1.61. The van der Waals surface area contributed by atoms with E-state index in [1.807, 2.05) is 12.1 Å². The van der Waals surface area contributed by atoms with Gasteiger partial charge in [0.25, 0.3) is 0 Å². The molecule has 0 bridgehead atoms. The number of halogens is 1.